The SMILES string of the molecule is COC(=O)[C@H]1[C@H](C(=O)OC(=O)OCC(C)C)[C@@H]2CC[C@H]1N2C(=O)OC(C)(C)C. The summed E-state index contributed by atoms with van der Waals surface area (Å²) < 4.78 is 19.9. The summed E-state index contributed by atoms with van der Waals surface area (Å²) in [5.74, 6) is -3.37. The van der Waals surface area contributed by atoms with Crippen LogP contribution in [-0.2, 0) is 28.5 Å². The van der Waals surface area contributed by atoms with Crippen molar-refractivity contribution in [1.29, 1.82) is 0 Å². The van der Waals surface area contributed by atoms with E-state index in [1.807, 2.05) is 13.8 Å². The third kappa shape index (κ3) is 4.74. The van der Waals surface area contributed by atoms with Crippen molar-refractivity contribution >= 4 is 24.2 Å². The number of ether oxygens (including phenoxy) is 4. The second kappa shape index (κ2) is 8.36. The lowest BCUT2D eigenvalue weighted by Crippen LogP contribution is -2.41. The molecular weight excluding hydrogens is 370 g/mol. The largest absolute Gasteiger partial charge is 0.516 e. The lowest BCUT2D eigenvalue weighted by molar-refractivity contribution is -0.157. The van der Waals surface area contributed by atoms with Gasteiger partial charge in [-0.1, -0.05) is 13.8 Å². The van der Waals surface area contributed by atoms with Crippen LogP contribution in [0.1, 0.15) is 47.5 Å². The molecule has 9 nitrogen and oxygen atoms in total. The first kappa shape index (κ1) is 22.0. The van der Waals surface area contributed by atoms with Gasteiger partial charge in [-0.15, -0.1) is 0 Å². The summed E-state index contributed by atoms with van der Waals surface area (Å²) in [6.45, 7) is 8.99. The number of fused-ring (bicyclic) bond motifs is 2. The first-order chi connectivity index (χ1) is 13.0. The maximum absolute atomic E-state index is 12.7. The molecule has 2 aliphatic rings. The molecule has 9 heteroatoms. The van der Waals surface area contributed by atoms with Crippen LogP contribution in [-0.4, -0.2) is 60.5 Å². The minimum atomic E-state index is -1.12. The summed E-state index contributed by atoms with van der Waals surface area (Å²) >= 11 is 0. The molecule has 2 heterocycles. The Hall–Kier alpha value is -2.32. The zero-order chi connectivity index (χ0) is 21.2. The smallest absolute Gasteiger partial charge is 0.469 e. The van der Waals surface area contributed by atoms with E-state index in [9.17, 15) is 19.2 Å². The van der Waals surface area contributed by atoms with Crippen LogP contribution in [0.4, 0.5) is 9.59 Å². The summed E-state index contributed by atoms with van der Waals surface area (Å²) in [7, 11) is 1.21. The zero-order valence-corrected chi connectivity index (χ0v) is 17.2. The Kier molecular flexibility index (Phi) is 6.56. The normalized spacial score (nSPS) is 26.2. The van der Waals surface area contributed by atoms with E-state index in [0.717, 1.165) is 0 Å². The highest BCUT2D eigenvalue weighted by atomic mass is 16.7. The van der Waals surface area contributed by atoms with E-state index in [-0.39, 0.29) is 12.5 Å². The maximum atomic E-state index is 12.7. The minimum Gasteiger partial charge on any atom is -0.469 e. The number of methoxy groups -OCH3 is 1. The van der Waals surface area contributed by atoms with Gasteiger partial charge in [0.05, 0.1) is 25.6 Å². The highest BCUT2D eigenvalue weighted by molar-refractivity contribution is 5.90. The van der Waals surface area contributed by atoms with Gasteiger partial charge in [-0.2, -0.15) is 0 Å². The topological polar surface area (TPSA) is 108 Å². The van der Waals surface area contributed by atoms with Crippen LogP contribution in [0.2, 0.25) is 0 Å². The molecule has 0 aliphatic carbocycles. The van der Waals surface area contributed by atoms with Crippen LogP contribution in [0, 0.1) is 17.8 Å². The van der Waals surface area contributed by atoms with Crippen molar-refractivity contribution in [2.24, 2.45) is 17.8 Å². The third-order valence-electron chi connectivity index (χ3n) is 4.76. The molecule has 0 aromatic rings. The van der Waals surface area contributed by atoms with Crippen molar-refractivity contribution in [1.82, 2.24) is 4.90 Å². The minimum absolute atomic E-state index is 0.0793. The molecule has 2 rings (SSSR count). The first-order valence-corrected chi connectivity index (χ1v) is 9.43. The molecule has 0 unspecified atom stereocenters. The Bertz CT molecular complexity index is 638. The Labute approximate surface area is 164 Å². The second-order valence-electron chi connectivity index (χ2n) is 8.55. The predicted molar refractivity (Wildman–Crippen MR) is 96.2 cm³/mol. The molecule has 0 radical (unpaired) electrons. The number of rotatable bonds is 4. The van der Waals surface area contributed by atoms with Crippen molar-refractivity contribution in [3.63, 3.8) is 0 Å². The predicted octanol–water partition coefficient (Wildman–Crippen LogP) is 2.51. The van der Waals surface area contributed by atoms with Crippen LogP contribution in [0.15, 0.2) is 0 Å². The zero-order valence-electron chi connectivity index (χ0n) is 17.2. The summed E-state index contributed by atoms with van der Waals surface area (Å²) in [4.78, 5) is 50.9. The van der Waals surface area contributed by atoms with Gasteiger partial charge in [0.25, 0.3) is 0 Å². The number of carbonyl (C=O) groups excluding carboxylic acids is 4. The summed E-state index contributed by atoms with van der Waals surface area (Å²) in [5, 5.41) is 0. The van der Waals surface area contributed by atoms with Gasteiger partial charge in [-0.05, 0) is 39.5 Å². The van der Waals surface area contributed by atoms with Gasteiger partial charge in [0.2, 0.25) is 0 Å². The van der Waals surface area contributed by atoms with Gasteiger partial charge in [-0.25, -0.2) is 9.59 Å². The lowest BCUT2D eigenvalue weighted by Gasteiger charge is -2.27. The summed E-state index contributed by atoms with van der Waals surface area (Å²) in [5.41, 5.74) is -0.726. The average Bonchev–Trinajstić information content (AvgIpc) is 3.13. The standard InChI is InChI=1S/C19H29NO8/c1-10(2)9-26-18(24)27-16(22)14-12-8-7-11(13(14)15(21)25-6)20(12)17(23)28-19(3,4)5/h10-14H,7-9H2,1-6H3/t11-,12+,13-,14-/m1/s1. The van der Waals surface area contributed by atoms with Crippen LogP contribution < -0.4 is 0 Å². The van der Waals surface area contributed by atoms with Gasteiger partial charge < -0.3 is 23.8 Å². The molecule has 0 aromatic carbocycles. The third-order valence-corrected chi connectivity index (χ3v) is 4.76. The van der Waals surface area contributed by atoms with E-state index in [4.69, 9.17) is 18.9 Å². The fourth-order valence-corrected chi connectivity index (χ4v) is 3.79. The molecule has 28 heavy (non-hydrogen) atoms. The van der Waals surface area contributed by atoms with E-state index in [0.29, 0.717) is 12.8 Å². The van der Waals surface area contributed by atoms with Gasteiger partial charge in [0.1, 0.15) is 5.60 Å². The highest BCUT2D eigenvalue weighted by Gasteiger charge is 2.62. The molecule has 2 fully saturated rings. The molecule has 2 bridgehead atoms. The second-order valence-corrected chi connectivity index (χ2v) is 8.55. The fraction of sp³-hybridized carbons (Fsp3) is 0.789. The molecule has 2 aliphatic heterocycles. The van der Waals surface area contributed by atoms with Crippen LogP contribution in [0.25, 0.3) is 0 Å². The molecule has 4 atom stereocenters. The van der Waals surface area contributed by atoms with Crippen molar-refractivity contribution in [2.75, 3.05) is 13.7 Å². The number of esters is 2. The van der Waals surface area contributed by atoms with Gasteiger partial charge >= 0.3 is 24.2 Å². The number of amides is 1. The van der Waals surface area contributed by atoms with Gasteiger partial charge in [0.15, 0.2) is 0 Å². The van der Waals surface area contributed by atoms with Gasteiger partial charge in [0, 0.05) is 12.1 Å². The molecule has 1 amide bonds. The number of carbonyl (C=O) groups is 4. The van der Waals surface area contributed by atoms with Crippen molar-refractivity contribution in [2.45, 2.75) is 65.1 Å². The molecule has 0 saturated carbocycles. The Morgan fingerprint density at radius 3 is 2.00 bits per heavy atom. The van der Waals surface area contributed by atoms with Crippen LogP contribution in [0.3, 0.4) is 0 Å². The van der Waals surface area contributed by atoms with Crippen molar-refractivity contribution in [3.05, 3.63) is 0 Å². The number of hydrogen-bond donors (Lipinski definition) is 0. The quantitative estimate of drug-likeness (QED) is 0.403. The van der Waals surface area contributed by atoms with E-state index >= 15 is 0 Å². The molecule has 158 valence electrons. The first-order valence-electron chi connectivity index (χ1n) is 9.43. The average molecular weight is 399 g/mol. The Morgan fingerprint density at radius 2 is 1.54 bits per heavy atom. The Balaban J connectivity index is 2.19. The van der Waals surface area contributed by atoms with Crippen molar-refractivity contribution < 1.29 is 38.1 Å². The van der Waals surface area contributed by atoms with E-state index in [1.165, 1.54) is 12.0 Å². The molecule has 0 N–H and O–H groups in total. The molecular formula is C19H29NO8. The molecule has 0 spiro atoms. The monoisotopic (exact) mass is 399 g/mol. The fourth-order valence-electron chi connectivity index (χ4n) is 3.79. The summed E-state index contributed by atoms with van der Waals surface area (Å²) in [6.07, 6.45) is -0.691. The maximum Gasteiger partial charge on any atom is 0.516 e. The van der Waals surface area contributed by atoms with Crippen LogP contribution >= 0.6 is 0 Å². The number of nitrogens with zero attached hydrogens (tertiary/aromatic N) is 1. The number of hydrogen-bond acceptors (Lipinski definition) is 8. The Morgan fingerprint density at radius 1 is 1.00 bits per heavy atom. The lowest BCUT2D eigenvalue weighted by atomic mass is 9.79. The van der Waals surface area contributed by atoms with Crippen molar-refractivity contribution in [3.8, 4) is 0 Å². The van der Waals surface area contributed by atoms with E-state index in [1.54, 1.807) is 20.8 Å². The molecule has 2 saturated heterocycles. The molecule has 0 aromatic heterocycles. The van der Waals surface area contributed by atoms with E-state index in [2.05, 4.69) is 0 Å². The highest BCUT2D eigenvalue weighted by Crippen LogP contribution is 2.47. The van der Waals surface area contributed by atoms with Gasteiger partial charge in [-0.3, -0.25) is 9.59 Å². The summed E-state index contributed by atoms with van der Waals surface area (Å²) in [6, 6.07) is -1.15. The van der Waals surface area contributed by atoms with Crippen LogP contribution in [0.5, 0.6) is 0 Å². The van der Waals surface area contributed by atoms with E-state index < -0.39 is 53.7 Å².